The maximum atomic E-state index is 14.3. The second-order valence-electron chi connectivity index (χ2n) is 14.1. The van der Waals surface area contributed by atoms with Crippen molar-refractivity contribution in [1.82, 2.24) is 29.7 Å². The first-order valence-corrected chi connectivity index (χ1v) is 17.1. The zero-order valence-electron chi connectivity index (χ0n) is 28.0. The van der Waals surface area contributed by atoms with E-state index < -0.39 is 5.82 Å². The number of carbonyl (C=O) groups is 1. The normalized spacial score (nSPS) is 20.1. The summed E-state index contributed by atoms with van der Waals surface area (Å²) in [6.07, 6.45) is 10.6. The molecule has 10 nitrogen and oxygen atoms in total. The van der Waals surface area contributed by atoms with Gasteiger partial charge < -0.3 is 24.2 Å². The number of carbonyl (C=O) groups excluding carboxylic acids is 1. The number of hydrogen-bond acceptors (Lipinski definition) is 9. The first kappa shape index (κ1) is 31.8. The van der Waals surface area contributed by atoms with Crippen LogP contribution in [0.5, 0.6) is 17.2 Å². The van der Waals surface area contributed by atoms with Crippen LogP contribution in [-0.4, -0.2) is 100 Å². The molecule has 2 aromatic heterocycles. The molecule has 0 bridgehead atoms. The standard InChI is InChI=1S/C36H46FN7O3/c1-5-44(24(2)3)35(45)28-16-25(37)6-7-31(28)47-33-19-38-23-40-34(33)43-21-36(22-43)17-27(18-36)46-32-8-12-39-30-11-15-42(20-29(30)32)26-9-13-41(4)14-10-26/h6-8,12,16,19,23-24,26-27H,5,9-11,13-15,17-18,20-22H2,1-4H3. The highest BCUT2D eigenvalue weighted by Crippen LogP contribution is 2.52. The Bertz CT molecular complexity index is 1600. The van der Waals surface area contributed by atoms with E-state index >= 15 is 0 Å². The molecule has 3 aromatic rings. The van der Waals surface area contributed by atoms with Gasteiger partial charge in [-0.05, 0) is 90.9 Å². The summed E-state index contributed by atoms with van der Waals surface area (Å²) in [6, 6.07) is 6.71. The zero-order valence-corrected chi connectivity index (χ0v) is 28.0. The summed E-state index contributed by atoms with van der Waals surface area (Å²) in [5.74, 6) is 1.64. The van der Waals surface area contributed by atoms with Crippen LogP contribution in [0.4, 0.5) is 10.2 Å². The molecule has 0 unspecified atom stereocenters. The van der Waals surface area contributed by atoms with Crippen molar-refractivity contribution in [1.29, 1.82) is 0 Å². The number of pyridine rings is 1. The van der Waals surface area contributed by atoms with Crippen molar-refractivity contribution in [2.75, 3.05) is 51.2 Å². The molecule has 0 radical (unpaired) electrons. The number of likely N-dealkylation sites (tertiary alicyclic amines) is 1. The number of piperidine rings is 1. The summed E-state index contributed by atoms with van der Waals surface area (Å²) in [6.45, 7) is 12.3. The van der Waals surface area contributed by atoms with E-state index in [1.807, 2.05) is 27.0 Å². The van der Waals surface area contributed by atoms with Crippen LogP contribution in [0.15, 0.2) is 43.0 Å². The summed E-state index contributed by atoms with van der Waals surface area (Å²) in [4.78, 5) is 35.8. The molecule has 4 aliphatic rings. The van der Waals surface area contributed by atoms with Crippen molar-refractivity contribution < 1.29 is 18.7 Å². The van der Waals surface area contributed by atoms with Crippen molar-refractivity contribution in [3.05, 3.63) is 65.6 Å². The fraction of sp³-hybridized carbons (Fsp3) is 0.556. The number of benzene rings is 1. The summed E-state index contributed by atoms with van der Waals surface area (Å²) in [5.41, 5.74) is 2.81. The van der Waals surface area contributed by atoms with E-state index in [2.05, 4.69) is 37.8 Å². The van der Waals surface area contributed by atoms with E-state index in [1.54, 1.807) is 11.1 Å². The van der Waals surface area contributed by atoms with Gasteiger partial charge in [-0.2, -0.15) is 0 Å². The van der Waals surface area contributed by atoms with Gasteiger partial charge in [0.2, 0.25) is 0 Å². The first-order valence-electron chi connectivity index (χ1n) is 17.1. The molecule has 250 valence electrons. The van der Waals surface area contributed by atoms with E-state index in [9.17, 15) is 9.18 Å². The highest BCUT2D eigenvalue weighted by atomic mass is 19.1. The van der Waals surface area contributed by atoms with Crippen LogP contribution in [0.25, 0.3) is 0 Å². The fourth-order valence-corrected chi connectivity index (χ4v) is 7.95. The molecule has 7 rings (SSSR count). The van der Waals surface area contributed by atoms with E-state index in [4.69, 9.17) is 14.5 Å². The third-order valence-electron chi connectivity index (χ3n) is 10.5. The van der Waals surface area contributed by atoms with Crippen molar-refractivity contribution in [2.45, 2.75) is 77.6 Å². The molecule has 1 spiro atoms. The number of anilines is 1. The summed E-state index contributed by atoms with van der Waals surface area (Å²) in [5, 5.41) is 0. The van der Waals surface area contributed by atoms with E-state index in [1.165, 1.54) is 48.6 Å². The molecule has 1 amide bonds. The summed E-state index contributed by atoms with van der Waals surface area (Å²) < 4.78 is 27.2. The second kappa shape index (κ2) is 13.0. The molecule has 0 atom stereocenters. The molecular formula is C36H46FN7O3. The van der Waals surface area contributed by atoms with Crippen LogP contribution in [0.1, 0.15) is 68.1 Å². The number of amides is 1. The van der Waals surface area contributed by atoms with Crippen LogP contribution in [0.3, 0.4) is 0 Å². The molecule has 47 heavy (non-hydrogen) atoms. The third-order valence-corrected chi connectivity index (χ3v) is 10.5. The average Bonchev–Trinajstić information content (AvgIpc) is 3.03. The predicted molar refractivity (Wildman–Crippen MR) is 178 cm³/mol. The van der Waals surface area contributed by atoms with E-state index in [0.717, 1.165) is 64.3 Å². The van der Waals surface area contributed by atoms with E-state index in [0.29, 0.717) is 24.2 Å². The van der Waals surface area contributed by atoms with Gasteiger partial charge in [0.15, 0.2) is 11.6 Å². The van der Waals surface area contributed by atoms with Crippen LogP contribution in [0.2, 0.25) is 0 Å². The van der Waals surface area contributed by atoms with Crippen LogP contribution < -0.4 is 14.4 Å². The molecule has 1 aliphatic carbocycles. The second-order valence-corrected chi connectivity index (χ2v) is 14.1. The molecule has 0 N–H and O–H groups in total. The lowest BCUT2D eigenvalue weighted by molar-refractivity contribution is -0.0354. The topological polar surface area (TPSA) is 87.2 Å². The largest absolute Gasteiger partial charge is 0.490 e. The smallest absolute Gasteiger partial charge is 0.257 e. The van der Waals surface area contributed by atoms with Crippen LogP contribution >= 0.6 is 0 Å². The van der Waals surface area contributed by atoms with Gasteiger partial charge in [0.25, 0.3) is 5.91 Å². The van der Waals surface area contributed by atoms with Crippen molar-refractivity contribution in [3.8, 4) is 17.2 Å². The highest BCUT2D eigenvalue weighted by Gasteiger charge is 2.54. The number of aromatic nitrogens is 3. The van der Waals surface area contributed by atoms with E-state index in [-0.39, 0.29) is 34.8 Å². The molecule has 2 saturated heterocycles. The van der Waals surface area contributed by atoms with Gasteiger partial charge in [-0.15, -0.1) is 0 Å². The Hall–Kier alpha value is -3.83. The Balaban J connectivity index is 0.986. The lowest BCUT2D eigenvalue weighted by Gasteiger charge is -2.59. The molecule has 11 heteroatoms. The molecule has 1 aromatic carbocycles. The fourth-order valence-electron chi connectivity index (χ4n) is 7.95. The number of fused-ring (bicyclic) bond motifs is 1. The van der Waals surface area contributed by atoms with Gasteiger partial charge in [0, 0.05) is 74.1 Å². The Morgan fingerprint density at radius 3 is 2.62 bits per heavy atom. The number of rotatable bonds is 9. The minimum atomic E-state index is -0.488. The molecule has 3 fully saturated rings. The van der Waals surface area contributed by atoms with Crippen molar-refractivity contribution in [3.63, 3.8) is 0 Å². The minimum absolute atomic E-state index is 0.0328. The van der Waals surface area contributed by atoms with Gasteiger partial charge in [0.1, 0.15) is 29.7 Å². The monoisotopic (exact) mass is 643 g/mol. The van der Waals surface area contributed by atoms with Crippen LogP contribution in [-0.2, 0) is 13.0 Å². The molecule has 1 saturated carbocycles. The average molecular weight is 644 g/mol. The molecular weight excluding hydrogens is 597 g/mol. The molecule has 5 heterocycles. The van der Waals surface area contributed by atoms with Crippen molar-refractivity contribution >= 4 is 11.7 Å². The highest BCUT2D eigenvalue weighted by molar-refractivity contribution is 5.97. The van der Waals surface area contributed by atoms with Crippen molar-refractivity contribution in [2.24, 2.45) is 5.41 Å². The number of halogens is 1. The Labute approximate surface area is 276 Å². The maximum absolute atomic E-state index is 14.3. The lowest BCUT2D eigenvalue weighted by Crippen LogP contribution is -2.65. The summed E-state index contributed by atoms with van der Waals surface area (Å²) in [7, 11) is 2.21. The number of nitrogens with zero attached hydrogens (tertiary/aromatic N) is 7. The Morgan fingerprint density at radius 2 is 1.87 bits per heavy atom. The Morgan fingerprint density at radius 1 is 1.09 bits per heavy atom. The van der Waals surface area contributed by atoms with Crippen LogP contribution in [0, 0.1) is 11.2 Å². The van der Waals surface area contributed by atoms with Gasteiger partial charge in [-0.1, -0.05) is 0 Å². The lowest BCUT2D eigenvalue weighted by atomic mass is 9.61. The quantitative estimate of drug-likeness (QED) is 0.313. The maximum Gasteiger partial charge on any atom is 0.257 e. The van der Waals surface area contributed by atoms with Gasteiger partial charge in [-0.25, -0.2) is 14.4 Å². The van der Waals surface area contributed by atoms with Gasteiger partial charge in [0.05, 0.1) is 11.8 Å². The number of hydrogen-bond donors (Lipinski definition) is 0. The predicted octanol–water partition coefficient (Wildman–Crippen LogP) is 5.17. The first-order chi connectivity index (χ1) is 22.7. The third kappa shape index (κ3) is 6.39. The Kier molecular flexibility index (Phi) is 8.78. The van der Waals surface area contributed by atoms with Gasteiger partial charge >= 0.3 is 0 Å². The SMILES string of the molecule is CCN(C(=O)c1cc(F)ccc1Oc1cncnc1N1CC2(CC(Oc3ccnc4c3CN(C3CCN(C)CC3)CC4)C2)C1)C(C)C. The zero-order chi connectivity index (χ0) is 32.7. The summed E-state index contributed by atoms with van der Waals surface area (Å²) >= 11 is 0. The molecule has 3 aliphatic heterocycles. The minimum Gasteiger partial charge on any atom is -0.490 e. The number of ether oxygens (including phenoxy) is 2. The van der Waals surface area contributed by atoms with Gasteiger partial charge in [-0.3, -0.25) is 14.7 Å².